The molecule has 30 heavy (non-hydrogen) atoms. The molecule has 3 rings (SSSR count). The van der Waals surface area contributed by atoms with E-state index in [0.717, 1.165) is 56.9 Å². The number of carbonyl (C=O) groups excluding carboxylic acids is 3. The minimum Gasteiger partial charge on any atom is -0.550 e. The van der Waals surface area contributed by atoms with Gasteiger partial charge in [-0.3, -0.25) is 9.59 Å². The van der Waals surface area contributed by atoms with Crippen LogP contribution >= 0.6 is 11.3 Å². The van der Waals surface area contributed by atoms with Crippen molar-refractivity contribution in [1.29, 1.82) is 0 Å². The van der Waals surface area contributed by atoms with Crippen molar-refractivity contribution in [2.45, 2.75) is 39.0 Å². The highest BCUT2D eigenvalue weighted by molar-refractivity contribution is 7.10. The molecule has 2 saturated heterocycles. The second kappa shape index (κ2) is 10.9. The molecule has 0 aliphatic carbocycles. The van der Waals surface area contributed by atoms with Crippen molar-refractivity contribution in [3.05, 3.63) is 22.4 Å². The predicted molar refractivity (Wildman–Crippen MR) is 113 cm³/mol. The number of carboxylic acids is 1. The van der Waals surface area contributed by atoms with Gasteiger partial charge >= 0.3 is 0 Å². The first-order valence-corrected chi connectivity index (χ1v) is 11.9. The first kappa shape index (κ1) is 22.7. The van der Waals surface area contributed by atoms with Gasteiger partial charge in [0.1, 0.15) is 0 Å². The van der Waals surface area contributed by atoms with Gasteiger partial charge in [-0.2, -0.15) is 0 Å². The third kappa shape index (κ3) is 6.54. The lowest BCUT2D eigenvalue weighted by atomic mass is 9.81. The van der Waals surface area contributed by atoms with E-state index in [1.165, 1.54) is 4.90 Å². The number of thiophene rings is 1. The van der Waals surface area contributed by atoms with Gasteiger partial charge < -0.3 is 24.6 Å². The van der Waals surface area contributed by atoms with E-state index in [0.29, 0.717) is 19.5 Å². The number of quaternary nitrogens is 1. The summed E-state index contributed by atoms with van der Waals surface area (Å²) < 4.78 is 0. The van der Waals surface area contributed by atoms with E-state index in [-0.39, 0.29) is 30.1 Å². The third-order valence-electron chi connectivity index (χ3n) is 6.59. The number of amides is 2. The van der Waals surface area contributed by atoms with Crippen LogP contribution in [0.5, 0.6) is 0 Å². The summed E-state index contributed by atoms with van der Waals surface area (Å²) >= 11 is 1.59. The van der Waals surface area contributed by atoms with E-state index >= 15 is 0 Å². The summed E-state index contributed by atoms with van der Waals surface area (Å²) in [6.07, 6.45) is 3.12. The molecule has 166 valence electrons. The summed E-state index contributed by atoms with van der Waals surface area (Å²) in [6.45, 7) is 7.40. The number of hydrogen-bond donors (Lipinski definition) is 1. The van der Waals surface area contributed by atoms with Gasteiger partial charge in [0.05, 0.1) is 32.6 Å². The minimum atomic E-state index is -0.998. The smallest absolute Gasteiger partial charge is 0.227 e. The maximum atomic E-state index is 12.8. The fourth-order valence-electron chi connectivity index (χ4n) is 4.80. The second-order valence-corrected chi connectivity index (χ2v) is 9.66. The molecular formula is C22H33N3O4S. The Morgan fingerprint density at radius 1 is 1.17 bits per heavy atom. The van der Waals surface area contributed by atoms with Gasteiger partial charge in [0.25, 0.3) is 0 Å². The van der Waals surface area contributed by atoms with Gasteiger partial charge in [0, 0.05) is 50.2 Å². The topological polar surface area (TPSA) is 85.2 Å². The van der Waals surface area contributed by atoms with Crippen molar-refractivity contribution in [2.75, 3.05) is 45.8 Å². The summed E-state index contributed by atoms with van der Waals surface area (Å²) in [5.41, 5.74) is 0. The highest BCUT2D eigenvalue weighted by atomic mass is 32.1. The molecule has 0 bridgehead atoms. The summed E-state index contributed by atoms with van der Waals surface area (Å²) in [5.74, 6) is -0.474. The maximum absolute atomic E-state index is 12.8. The van der Waals surface area contributed by atoms with Gasteiger partial charge in [-0.1, -0.05) is 6.07 Å². The lowest BCUT2D eigenvalue weighted by Gasteiger charge is -2.39. The number of aliphatic carboxylic acids is 1. The number of hydrogen-bond acceptors (Lipinski definition) is 5. The van der Waals surface area contributed by atoms with Crippen LogP contribution in [0.3, 0.4) is 0 Å². The zero-order chi connectivity index (χ0) is 21.5. The van der Waals surface area contributed by atoms with Gasteiger partial charge in [-0.05, 0) is 36.1 Å². The number of piperidine rings is 1. The first-order chi connectivity index (χ1) is 14.4. The van der Waals surface area contributed by atoms with Crippen LogP contribution in [-0.4, -0.2) is 73.4 Å². The molecule has 2 aliphatic rings. The van der Waals surface area contributed by atoms with Crippen LogP contribution < -0.4 is 10.0 Å². The normalized spacial score (nSPS) is 25.0. The van der Waals surface area contributed by atoms with E-state index in [1.807, 2.05) is 27.3 Å². The second-order valence-electron chi connectivity index (χ2n) is 8.63. The van der Waals surface area contributed by atoms with Crippen LogP contribution in [0.1, 0.15) is 37.5 Å². The van der Waals surface area contributed by atoms with Crippen LogP contribution in [-0.2, 0) is 20.8 Å². The average Bonchev–Trinajstić information content (AvgIpc) is 3.09. The van der Waals surface area contributed by atoms with Crippen molar-refractivity contribution in [1.82, 2.24) is 9.80 Å². The molecule has 1 N–H and O–H groups in total. The van der Waals surface area contributed by atoms with E-state index in [4.69, 9.17) is 0 Å². The van der Waals surface area contributed by atoms with Crippen molar-refractivity contribution >= 4 is 29.1 Å². The number of rotatable bonds is 7. The molecule has 3 atom stereocenters. The monoisotopic (exact) mass is 435 g/mol. The molecule has 1 unspecified atom stereocenters. The Kier molecular flexibility index (Phi) is 8.27. The Hall–Kier alpha value is -1.93. The van der Waals surface area contributed by atoms with Crippen LogP contribution in [0.2, 0.25) is 0 Å². The molecule has 0 radical (unpaired) electrons. The number of carboxylic acid groups (broad SMARTS) is 1. The largest absolute Gasteiger partial charge is 0.550 e. The Morgan fingerprint density at radius 2 is 2.00 bits per heavy atom. The van der Waals surface area contributed by atoms with Crippen molar-refractivity contribution in [3.63, 3.8) is 0 Å². The molecular weight excluding hydrogens is 402 g/mol. The number of nitrogens with zero attached hydrogens (tertiary/aromatic N) is 2. The van der Waals surface area contributed by atoms with Crippen molar-refractivity contribution in [3.8, 4) is 0 Å². The Morgan fingerprint density at radius 3 is 2.70 bits per heavy atom. The lowest BCUT2D eigenvalue weighted by Crippen LogP contribution is -3.12. The molecule has 2 aliphatic heterocycles. The van der Waals surface area contributed by atoms with E-state index in [1.54, 1.807) is 18.3 Å². The van der Waals surface area contributed by atoms with Crippen LogP contribution in [0.25, 0.3) is 0 Å². The van der Waals surface area contributed by atoms with E-state index in [9.17, 15) is 19.5 Å². The molecule has 2 fully saturated rings. The summed E-state index contributed by atoms with van der Waals surface area (Å²) in [5, 5.41) is 13.2. The van der Waals surface area contributed by atoms with E-state index in [2.05, 4.69) is 0 Å². The summed E-state index contributed by atoms with van der Waals surface area (Å²) in [4.78, 5) is 42.0. The molecule has 3 heterocycles. The quantitative estimate of drug-likeness (QED) is 0.621. The van der Waals surface area contributed by atoms with Crippen LogP contribution in [0.4, 0.5) is 0 Å². The number of carbonyl (C=O) groups is 3. The zero-order valence-corrected chi connectivity index (χ0v) is 18.6. The highest BCUT2D eigenvalue weighted by Gasteiger charge is 2.32. The zero-order valence-electron chi connectivity index (χ0n) is 17.8. The molecule has 0 saturated carbocycles. The first-order valence-electron chi connectivity index (χ1n) is 11.0. The molecule has 1 aromatic heterocycles. The van der Waals surface area contributed by atoms with Gasteiger partial charge in [-0.15, -0.1) is 11.3 Å². The van der Waals surface area contributed by atoms with E-state index < -0.39 is 5.97 Å². The Labute approximate surface area is 182 Å². The third-order valence-corrected chi connectivity index (χ3v) is 7.46. The number of nitrogens with one attached hydrogen (secondary N) is 1. The van der Waals surface area contributed by atoms with Crippen LogP contribution in [0, 0.1) is 11.8 Å². The Bertz CT molecular complexity index is 724. The molecule has 2 amide bonds. The minimum absolute atomic E-state index is 0.0703. The molecule has 0 aromatic carbocycles. The summed E-state index contributed by atoms with van der Waals surface area (Å²) in [7, 11) is 0. The van der Waals surface area contributed by atoms with Gasteiger partial charge in [0.2, 0.25) is 11.8 Å². The number of likely N-dealkylation sites (tertiary alicyclic amines) is 1. The van der Waals surface area contributed by atoms with Gasteiger partial charge in [0.15, 0.2) is 0 Å². The molecule has 1 aromatic rings. The molecule has 7 nitrogen and oxygen atoms in total. The molecule has 8 heteroatoms. The van der Waals surface area contributed by atoms with Gasteiger partial charge in [-0.25, -0.2) is 0 Å². The molecule has 0 spiro atoms. The fourth-order valence-corrected chi connectivity index (χ4v) is 5.49. The average molecular weight is 436 g/mol. The highest BCUT2D eigenvalue weighted by Crippen LogP contribution is 2.29. The van der Waals surface area contributed by atoms with Crippen LogP contribution in [0.15, 0.2) is 17.5 Å². The van der Waals surface area contributed by atoms with Crippen molar-refractivity contribution < 1.29 is 24.4 Å². The lowest BCUT2D eigenvalue weighted by molar-refractivity contribution is -0.898. The standard InChI is InChI=1S/C22H33N3O4S/c1-17(26)24-8-3-7-23(11-12-24)9-5-19-16-25(10-6-18(19)14-22(28)29)21(27)15-20-4-2-13-30-20/h2,4,13,18-19H,3,5-12,14-16H2,1H3,(H,28,29)/t18-,19-/m0/s1. The van der Waals surface area contributed by atoms with Crippen molar-refractivity contribution in [2.24, 2.45) is 11.8 Å². The Balaban J connectivity index is 1.56. The predicted octanol–water partition coefficient (Wildman–Crippen LogP) is -0.577. The fraction of sp³-hybridized carbons (Fsp3) is 0.682. The maximum Gasteiger partial charge on any atom is 0.227 e. The SMILES string of the molecule is CC(=O)N1CCC[NH+](CC[C@H]2CN(C(=O)Cc3cccs3)CC[C@H]2CC(=O)[O-])CC1. The summed E-state index contributed by atoms with van der Waals surface area (Å²) in [6, 6.07) is 3.94.